The van der Waals surface area contributed by atoms with Crippen LogP contribution in [0.25, 0.3) is 11.0 Å². The summed E-state index contributed by atoms with van der Waals surface area (Å²) < 4.78 is 16.0. The number of esters is 1. The molecule has 0 amide bonds. The van der Waals surface area contributed by atoms with Crippen molar-refractivity contribution in [3.8, 4) is 11.5 Å². The molecule has 0 spiro atoms. The Bertz CT molecular complexity index is 966. The molecular weight excluding hydrogens is 358 g/mol. The fourth-order valence-corrected chi connectivity index (χ4v) is 2.56. The van der Waals surface area contributed by atoms with Crippen molar-refractivity contribution in [2.45, 2.75) is 13.8 Å². The van der Waals surface area contributed by atoms with Crippen LogP contribution in [0.3, 0.4) is 0 Å². The zero-order valence-electron chi connectivity index (χ0n) is 16.4. The van der Waals surface area contributed by atoms with Crippen LogP contribution in [0, 0.1) is 5.92 Å². The van der Waals surface area contributed by atoms with E-state index in [1.165, 1.54) is 0 Å². The largest absolute Gasteiger partial charge is 0.497 e. The predicted molar refractivity (Wildman–Crippen MR) is 107 cm³/mol. The number of anilines is 2. The third kappa shape index (κ3) is 4.49. The topological polar surface area (TPSA) is 82.6 Å². The minimum atomic E-state index is -0.524. The van der Waals surface area contributed by atoms with Crippen molar-refractivity contribution in [1.82, 2.24) is 9.97 Å². The van der Waals surface area contributed by atoms with Gasteiger partial charge in [-0.1, -0.05) is 26.0 Å². The van der Waals surface area contributed by atoms with Gasteiger partial charge in [-0.25, -0.2) is 14.8 Å². The van der Waals surface area contributed by atoms with E-state index in [-0.39, 0.29) is 11.6 Å². The first-order chi connectivity index (χ1) is 13.5. The molecule has 3 rings (SSSR count). The van der Waals surface area contributed by atoms with E-state index < -0.39 is 5.97 Å². The van der Waals surface area contributed by atoms with Gasteiger partial charge in [0.2, 0.25) is 0 Å². The minimum Gasteiger partial charge on any atom is -0.497 e. The van der Waals surface area contributed by atoms with Gasteiger partial charge in [-0.05, 0) is 18.1 Å². The van der Waals surface area contributed by atoms with E-state index in [9.17, 15) is 4.79 Å². The Morgan fingerprint density at radius 3 is 2.18 bits per heavy atom. The second-order valence-corrected chi connectivity index (χ2v) is 6.63. The molecule has 1 aromatic heterocycles. The van der Waals surface area contributed by atoms with E-state index in [2.05, 4.69) is 15.3 Å². The monoisotopic (exact) mass is 381 g/mol. The average Bonchev–Trinajstić information content (AvgIpc) is 2.71. The Hall–Kier alpha value is -3.35. The lowest BCUT2D eigenvalue weighted by Crippen LogP contribution is -2.15. The van der Waals surface area contributed by atoms with Gasteiger partial charge in [0.1, 0.15) is 11.5 Å². The summed E-state index contributed by atoms with van der Waals surface area (Å²) in [6.45, 7) is 4.25. The van der Waals surface area contributed by atoms with Crippen LogP contribution < -0.4 is 14.8 Å². The van der Waals surface area contributed by atoms with Gasteiger partial charge in [-0.2, -0.15) is 0 Å². The van der Waals surface area contributed by atoms with Gasteiger partial charge in [0.25, 0.3) is 0 Å². The highest BCUT2D eigenvalue weighted by atomic mass is 16.5. The van der Waals surface area contributed by atoms with Crippen molar-refractivity contribution in [1.29, 1.82) is 0 Å². The van der Waals surface area contributed by atoms with Gasteiger partial charge in [-0.15, -0.1) is 0 Å². The summed E-state index contributed by atoms with van der Waals surface area (Å²) in [5.74, 6) is 1.22. The van der Waals surface area contributed by atoms with E-state index in [1.807, 2.05) is 32.0 Å². The van der Waals surface area contributed by atoms with Crippen LogP contribution in [0.4, 0.5) is 11.5 Å². The van der Waals surface area contributed by atoms with Crippen LogP contribution in [-0.4, -0.2) is 36.8 Å². The van der Waals surface area contributed by atoms with Gasteiger partial charge in [0.05, 0.1) is 31.9 Å². The van der Waals surface area contributed by atoms with Crippen LogP contribution in [0.15, 0.2) is 42.5 Å². The number of benzene rings is 2. The molecule has 7 nitrogen and oxygen atoms in total. The van der Waals surface area contributed by atoms with Gasteiger partial charge in [-0.3, -0.25) is 0 Å². The maximum absolute atomic E-state index is 12.6. The van der Waals surface area contributed by atoms with Gasteiger partial charge >= 0.3 is 5.97 Å². The molecule has 28 heavy (non-hydrogen) atoms. The molecule has 0 unspecified atom stereocenters. The molecule has 0 aliphatic carbocycles. The Morgan fingerprint density at radius 2 is 1.61 bits per heavy atom. The Morgan fingerprint density at radius 1 is 1.00 bits per heavy atom. The molecule has 0 saturated carbocycles. The summed E-state index contributed by atoms with van der Waals surface area (Å²) in [5, 5.41) is 3.15. The molecule has 1 N–H and O–H groups in total. The van der Waals surface area contributed by atoms with Gasteiger partial charge < -0.3 is 19.5 Å². The lowest BCUT2D eigenvalue weighted by Gasteiger charge is -2.14. The normalized spacial score (nSPS) is 10.8. The molecular formula is C21H23N3O4. The molecule has 3 aromatic rings. The maximum Gasteiger partial charge on any atom is 0.360 e. The Balaban J connectivity index is 2.03. The second kappa shape index (κ2) is 8.56. The third-order valence-electron chi connectivity index (χ3n) is 3.93. The molecule has 0 aliphatic heterocycles. The van der Waals surface area contributed by atoms with Crippen molar-refractivity contribution in [3.05, 3.63) is 48.2 Å². The van der Waals surface area contributed by atoms with Crippen molar-refractivity contribution < 1.29 is 19.0 Å². The summed E-state index contributed by atoms with van der Waals surface area (Å²) in [7, 11) is 3.15. The number of ether oxygens (including phenoxy) is 3. The molecule has 0 fully saturated rings. The fraction of sp³-hybridized carbons (Fsp3) is 0.286. The number of carbonyl (C=O) groups excluding carboxylic acids is 1. The second-order valence-electron chi connectivity index (χ2n) is 6.63. The highest BCUT2D eigenvalue weighted by molar-refractivity contribution is 5.96. The molecule has 1 heterocycles. The van der Waals surface area contributed by atoms with Crippen molar-refractivity contribution in [3.63, 3.8) is 0 Å². The molecule has 0 aliphatic rings. The van der Waals surface area contributed by atoms with Gasteiger partial charge in [0, 0.05) is 23.9 Å². The van der Waals surface area contributed by atoms with Crippen molar-refractivity contribution in [2.24, 2.45) is 5.92 Å². The van der Waals surface area contributed by atoms with E-state index in [0.29, 0.717) is 40.6 Å². The standard InChI is InChI=1S/C21H23N3O4/c1-13(2)12-28-21(25)19-20(24-18-8-6-5-7-17(18)23-19)22-14-9-15(26-3)11-16(10-14)27-4/h5-11,13H,12H2,1-4H3,(H,22,24). The predicted octanol–water partition coefficient (Wildman–Crippen LogP) is 4.20. The number of hydrogen-bond donors (Lipinski definition) is 1. The highest BCUT2D eigenvalue weighted by Gasteiger charge is 2.19. The SMILES string of the molecule is COc1cc(Nc2nc3ccccc3nc2C(=O)OCC(C)C)cc(OC)c1. The summed E-state index contributed by atoms with van der Waals surface area (Å²) in [5.41, 5.74) is 2.06. The summed E-state index contributed by atoms with van der Waals surface area (Å²) in [6, 6.07) is 12.7. The number of aromatic nitrogens is 2. The fourth-order valence-electron chi connectivity index (χ4n) is 2.56. The number of hydrogen-bond acceptors (Lipinski definition) is 7. The molecule has 7 heteroatoms. The number of nitrogens with zero attached hydrogens (tertiary/aromatic N) is 2. The minimum absolute atomic E-state index is 0.126. The number of carbonyl (C=O) groups is 1. The molecule has 0 saturated heterocycles. The summed E-state index contributed by atoms with van der Waals surface area (Å²) in [4.78, 5) is 21.7. The quantitative estimate of drug-likeness (QED) is 0.614. The van der Waals surface area contributed by atoms with Crippen LogP contribution in [-0.2, 0) is 4.74 Å². The first-order valence-electron chi connectivity index (χ1n) is 8.94. The van der Waals surface area contributed by atoms with Gasteiger partial charge in [0.15, 0.2) is 11.5 Å². The van der Waals surface area contributed by atoms with E-state index in [4.69, 9.17) is 14.2 Å². The molecule has 0 bridgehead atoms. The lowest BCUT2D eigenvalue weighted by atomic mass is 10.2. The highest BCUT2D eigenvalue weighted by Crippen LogP contribution is 2.29. The van der Waals surface area contributed by atoms with Crippen LogP contribution in [0.5, 0.6) is 11.5 Å². The van der Waals surface area contributed by atoms with E-state index in [0.717, 1.165) is 0 Å². The first-order valence-corrected chi connectivity index (χ1v) is 8.94. The lowest BCUT2D eigenvalue weighted by molar-refractivity contribution is 0.0453. The molecule has 0 atom stereocenters. The summed E-state index contributed by atoms with van der Waals surface area (Å²) >= 11 is 0. The molecule has 2 aromatic carbocycles. The number of fused-ring (bicyclic) bond motifs is 1. The zero-order chi connectivity index (χ0) is 20.1. The van der Waals surface area contributed by atoms with Crippen LogP contribution >= 0.6 is 0 Å². The number of methoxy groups -OCH3 is 2. The van der Waals surface area contributed by atoms with Crippen LogP contribution in [0.2, 0.25) is 0 Å². The molecule has 0 radical (unpaired) electrons. The van der Waals surface area contributed by atoms with Crippen molar-refractivity contribution >= 4 is 28.5 Å². The first kappa shape index (κ1) is 19.4. The van der Waals surface area contributed by atoms with Crippen LogP contribution in [0.1, 0.15) is 24.3 Å². The summed E-state index contributed by atoms with van der Waals surface area (Å²) in [6.07, 6.45) is 0. The Kier molecular flexibility index (Phi) is 5.93. The Labute approximate surface area is 163 Å². The van der Waals surface area contributed by atoms with E-state index >= 15 is 0 Å². The average molecular weight is 381 g/mol. The smallest absolute Gasteiger partial charge is 0.360 e. The van der Waals surface area contributed by atoms with Crippen molar-refractivity contribution in [2.75, 3.05) is 26.1 Å². The number of nitrogens with one attached hydrogen (secondary N) is 1. The zero-order valence-corrected chi connectivity index (χ0v) is 16.4. The van der Waals surface area contributed by atoms with E-state index in [1.54, 1.807) is 38.5 Å². The number of para-hydroxylation sites is 2. The third-order valence-corrected chi connectivity index (χ3v) is 3.93. The molecule has 146 valence electrons. The maximum atomic E-state index is 12.6. The number of rotatable bonds is 7.